The van der Waals surface area contributed by atoms with Crippen molar-refractivity contribution < 1.29 is 0 Å². The van der Waals surface area contributed by atoms with Crippen LogP contribution in [-0.4, -0.2) is 14.3 Å². The highest BCUT2D eigenvalue weighted by atomic mass is 13.7. The molecule has 0 radical (unpaired) electrons. The standard InChI is InChI=1S/C6H12B2/c1-5(2)8(7)6(3)4/h1,3,7H2,2,4H3. The van der Waals surface area contributed by atoms with Crippen molar-refractivity contribution >= 4 is 14.3 Å². The molecule has 0 fully saturated rings. The molecule has 0 spiro atoms. The summed E-state index contributed by atoms with van der Waals surface area (Å²) in [6.45, 7) is 12.2. The van der Waals surface area contributed by atoms with E-state index in [9.17, 15) is 0 Å². The van der Waals surface area contributed by atoms with Gasteiger partial charge in [0.25, 0.3) is 0 Å². The van der Waals surface area contributed by atoms with Crippen molar-refractivity contribution in [3.63, 3.8) is 0 Å². The first-order chi connectivity index (χ1) is 3.55. The van der Waals surface area contributed by atoms with E-state index in [2.05, 4.69) is 20.9 Å². The van der Waals surface area contributed by atoms with Crippen LogP contribution in [0.4, 0.5) is 0 Å². The third-order valence-corrected chi connectivity index (χ3v) is 1.48. The van der Waals surface area contributed by atoms with Gasteiger partial charge in [0.2, 0.25) is 0 Å². The van der Waals surface area contributed by atoms with Crippen LogP contribution in [0.3, 0.4) is 0 Å². The van der Waals surface area contributed by atoms with Gasteiger partial charge in [-0.2, -0.15) is 0 Å². The van der Waals surface area contributed by atoms with E-state index in [4.69, 9.17) is 0 Å². The molecule has 0 heterocycles. The van der Waals surface area contributed by atoms with Crippen LogP contribution in [0.1, 0.15) is 13.8 Å². The Morgan fingerprint density at radius 3 is 1.50 bits per heavy atom. The van der Waals surface area contributed by atoms with E-state index in [1.165, 1.54) is 10.9 Å². The van der Waals surface area contributed by atoms with Gasteiger partial charge < -0.3 is 0 Å². The number of hydrogen-bond donors (Lipinski definition) is 0. The van der Waals surface area contributed by atoms with Crippen molar-refractivity contribution in [1.82, 2.24) is 0 Å². The predicted molar refractivity (Wildman–Crippen MR) is 43.9 cm³/mol. The lowest BCUT2D eigenvalue weighted by Gasteiger charge is -2.04. The molecule has 0 bridgehead atoms. The zero-order valence-corrected chi connectivity index (χ0v) is 5.99. The fourth-order valence-electron chi connectivity index (χ4n) is 0.421. The second-order valence-corrected chi connectivity index (χ2v) is 2.41. The average molecular weight is 106 g/mol. The lowest BCUT2D eigenvalue weighted by atomic mass is 9.26. The Labute approximate surface area is 53.1 Å². The summed E-state index contributed by atoms with van der Waals surface area (Å²) >= 11 is 0. The second-order valence-electron chi connectivity index (χ2n) is 2.41. The van der Waals surface area contributed by atoms with Crippen LogP contribution < -0.4 is 0 Å². The van der Waals surface area contributed by atoms with Gasteiger partial charge in [0.1, 0.15) is 0 Å². The molecule has 0 nitrogen and oxygen atoms in total. The van der Waals surface area contributed by atoms with Gasteiger partial charge in [-0.1, -0.05) is 13.8 Å². The molecule has 0 aliphatic heterocycles. The Morgan fingerprint density at radius 2 is 1.50 bits per heavy atom. The molecule has 0 saturated carbocycles. The van der Waals surface area contributed by atoms with Crippen molar-refractivity contribution in [2.45, 2.75) is 13.8 Å². The van der Waals surface area contributed by atoms with Crippen molar-refractivity contribution in [3.8, 4) is 0 Å². The van der Waals surface area contributed by atoms with Gasteiger partial charge in [0.05, 0.1) is 7.74 Å². The minimum Gasteiger partial charge on any atom is -0.115 e. The van der Waals surface area contributed by atoms with E-state index in [-0.39, 0.29) is 0 Å². The van der Waals surface area contributed by atoms with Gasteiger partial charge in [-0.25, -0.2) is 0 Å². The van der Waals surface area contributed by atoms with E-state index < -0.39 is 0 Å². The lowest BCUT2D eigenvalue weighted by molar-refractivity contribution is 1.61. The van der Waals surface area contributed by atoms with E-state index >= 15 is 0 Å². The van der Waals surface area contributed by atoms with Crippen molar-refractivity contribution in [2.24, 2.45) is 0 Å². The largest absolute Gasteiger partial charge is 0.158 e. The Balaban J connectivity index is 3.83. The van der Waals surface area contributed by atoms with Gasteiger partial charge in [-0.15, -0.1) is 24.1 Å². The maximum atomic E-state index is 3.82. The van der Waals surface area contributed by atoms with E-state index in [1.807, 2.05) is 13.8 Å². The molecule has 0 saturated heterocycles. The summed E-state index contributed by atoms with van der Waals surface area (Å²) in [5, 5.41) is 0. The molecule has 0 amide bonds. The SMILES string of the molecule is BB(C(=C)C)C(=C)C. The first-order valence-electron chi connectivity index (χ1n) is 2.86. The Bertz CT molecular complexity index is 102. The molecule has 0 aliphatic rings. The molecule has 0 atom stereocenters. The van der Waals surface area contributed by atoms with Crippen molar-refractivity contribution in [1.29, 1.82) is 0 Å². The lowest BCUT2D eigenvalue weighted by Crippen LogP contribution is -2.15. The highest BCUT2D eigenvalue weighted by molar-refractivity contribution is 7.11. The maximum Gasteiger partial charge on any atom is 0.158 e. The minimum absolute atomic E-state index is 0.481. The van der Waals surface area contributed by atoms with Crippen LogP contribution in [0, 0.1) is 0 Å². The number of hydrogen-bond acceptors (Lipinski definition) is 0. The molecule has 0 aromatic heterocycles. The van der Waals surface area contributed by atoms with Gasteiger partial charge >= 0.3 is 0 Å². The molecular formula is C6H12B2. The highest BCUT2D eigenvalue weighted by Gasteiger charge is 2.05. The molecule has 8 heavy (non-hydrogen) atoms. The molecule has 0 aliphatic carbocycles. The maximum absolute atomic E-state index is 3.82. The Kier molecular flexibility index (Phi) is 2.67. The van der Waals surface area contributed by atoms with Crippen LogP contribution in [0.15, 0.2) is 24.1 Å². The van der Waals surface area contributed by atoms with E-state index in [0.29, 0.717) is 6.60 Å². The normalized spacial score (nSPS) is 8.25. The predicted octanol–water partition coefficient (Wildman–Crippen LogP) is 0.842. The average Bonchev–Trinajstić information content (AvgIpc) is 1.64. The van der Waals surface area contributed by atoms with E-state index in [1.54, 1.807) is 0 Å². The van der Waals surface area contributed by atoms with Gasteiger partial charge in [0.15, 0.2) is 6.60 Å². The third kappa shape index (κ3) is 2.06. The molecule has 0 aromatic carbocycles. The highest BCUT2D eigenvalue weighted by Crippen LogP contribution is 2.00. The van der Waals surface area contributed by atoms with Crippen LogP contribution in [0.25, 0.3) is 0 Å². The quantitative estimate of drug-likeness (QED) is 0.457. The van der Waals surface area contributed by atoms with Crippen LogP contribution in [-0.2, 0) is 0 Å². The second kappa shape index (κ2) is 2.81. The summed E-state index contributed by atoms with van der Waals surface area (Å²) < 4.78 is 0. The zero-order valence-electron chi connectivity index (χ0n) is 5.99. The molecule has 0 rings (SSSR count). The molecular weight excluding hydrogens is 93.7 g/mol. The first kappa shape index (κ1) is 7.61. The fraction of sp³-hybridized carbons (Fsp3) is 0.333. The zero-order chi connectivity index (χ0) is 6.73. The smallest absolute Gasteiger partial charge is 0.115 e. The third-order valence-electron chi connectivity index (χ3n) is 1.48. The van der Waals surface area contributed by atoms with Crippen molar-refractivity contribution in [3.05, 3.63) is 24.1 Å². The fourth-order valence-corrected chi connectivity index (χ4v) is 0.421. The molecule has 0 aromatic rings. The summed E-state index contributed by atoms with van der Waals surface area (Å²) in [7, 11) is 2.12. The summed E-state index contributed by atoms with van der Waals surface area (Å²) in [6, 6.07) is 0. The topological polar surface area (TPSA) is 0 Å². The monoisotopic (exact) mass is 106 g/mol. The first-order valence-corrected chi connectivity index (χ1v) is 2.86. The van der Waals surface area contributed by atoms with Gasteiger partial charge in [-0.3, -0.25) is 0 Å². The van der Waals surface area contributed by atoms with Crippen LogP contribution in [0.5, 0.6) is 0 Å². The molecule has 42 valence electrons. The van der Waals surface area contributed by atoms with Gasteiger partial charge in [0, 0.05) is 0 Å². The van der Waals surface area contributed by atoms with Crippen molar-refractivity contribution in [2.75, 3.05) is 0 Å². The molecule has 0 N–H and O–H groups in total. The summed E-state index contributed by atoms with van der Waals surface area (Å²) in [5.41, 5.74) is 2.38. The minimum atomic E-state index is 0.481. The summed E-state index contributed by atoms with van der Waals surface area (Å²) in [4.78, 5) is 0. The van der Waals surface area contributed by atoms with Crippen LogP contribution in [0.2, 0.25) is 0 Å². The number of allylic oxidation sites excluding steroid dienone is 2. The van der Waals surface area contributed by atoms with Crippen LogP contribution >= 0.6 is 0 Å². The summed E-state index contributed by atoms with van der Waals surface area (Å²) in [6.07, 6.45) is 0. The Hall–Kier alpha value is -0.390. The number of rotatable bonds is 2. The van der Waals surface area contributed by atoms with Gasteiger partial charge in [-0.05, 0) is 0 Å². The molecule has 0 unspecified atom stereocenters. The molecule has 2 heteroatoms. The van der Waals surface area contributed by atoms with E-state index in [0.717, 1.165) is 0 Å². The summed E-state index contributed by atoms with van der Waals surface area (Å²) in [5.74, 6) is 0. The Morgan fingerprint density at radius 1 is 1.25 bits per heavy atom.